The zero-order chi connectivity index (χ0) is 22.7. The molecule has 162 valence electrons. The van der Waals surface area contributed by atoms with Gasteiger partial charge >= 0.3 is 0 Å². The second kappa shape index (κ2) is 9.28. The van der Waals surface area contributed by atoms with Crippen molar-refractivity contribution in [2.24, 2.45) is 0 Å². The minimum atomic E-state index is -0.640. The number of benzene rings is 3. The maximum atomic E-state index is 14.2. The number of hydrogen-bond donors (Lipinski definition) is 0. The molecule has 4 rings (SSSR count). The second-order valence-corrected chi connectivity index (χ2v) is 7.51. The first-order chi connectivity index (χ1) is 15.5. The van der Waals surface area contributed by atoms with Crippen LogP contribution in [0.15, 0.2) is 72.8 Å². The SMILES string of the molecule is COc1ccc(-c2cc(=S)n(Cc3ccc(F)cc3F)nc2-c2ccc(OC)cc2)cc1. The van der Waals surface area contributed by atoms with Crippen LogP contribution in [0.2, 0.25) is 0 Å². The van der Waals surface area contributed by atoms with Crippen LogP contribution in [0.4, 0.5) is 8.78 Å². The Bertz CT molecular complexity index is 1300. The van der Waals surface area contributed by atoms with E-state index in [9.17, 15) is 8.78 Å². The standard InChI is InChI=1S/C25H20F2N2O2S/c1-30-20-9-4-16(5-10-20)22-14-24(32)29(15-18-3-8-19(26)13-23(18)27)28-25(22)17-6-11-21(31-2)12-7-17/h3-14H,15H2,1-2H3. The van der Waals surface area contributed by atoms with Gasteiger partial charge in [0, 0.05) is 22.8 Å². The highest BCUT2D eigenvalue weighted by molar-refractivity contribution is 7.71. The van der Waals surface area contributed by atoms with Gasteiger partial charge in [0.15, 0.2) is 0 Å². The van der Waals surface area contributed by atoms with E-state index in [1.807, 2.05) is 54.6 Å². The summed E-state index contributed by atoms with van der Waals surface area (Å²) >= 11 is 5.56. The Hall–Kier alpha value is -3.58. The molecule has 0 spiro atoms. The lowest BCUT2D eigenvalue weighted by molar-refractivity contribution is 0.414. The van der Waals surface area contributed by atoms with Gasteiger partial charge in [-0.15, -0.1) is 0 Å². The molecule has 0 aliphatic heterocycles. The van der Waals surface area contributed by atoms with Crippen LogP contribution < -0.4 is 9.47 Å². The molecule has 0 saturated carbocycles. The Balaban J connectivity index is 1.85. The van der Waals surface area contributed by atoms with Crippen LogP contribution in [-0.4, -0.2) is 24.0 Å². The molecule has 1 aromatic heterocycles. The average molecular weight is 451 g/mol. The fourth-order valence-corrected chi connectivity index (χ4v) is 3.59. The lowest BCUT2D eigenvalue weighted by Gasteiger charge is -2.15. The summed E-state index contributed by atoms with van der Waals surface area (Å²) in [5, 5.41) is 4.76. The highest BCUT2D eigenvalue weighted by Gasteiger charge is 2.14. The first kappa shape index (κ1) is 21.6. The van der Waals surface area contributed by atoms with Gasteiger partial charge in [0.25, 0.3) is 0 Å². The van der Waals surface area contributed by atoms with Gasteiger partial charge in [-0.3, -0.25) is 0 Å². The van der Waals surface area contributed by atoms with Crippen LogP contribution in [0.25, 0.3) is 22.4 Å². The predicted octanol–water partition coefficient (Wildman–Crippen LogP) is 6.29. The average Bonchev–Trinajstić information content (AvgIpc) is 2.82. The van der Waals surface area contributed by atoms with E-state index in [1.165, 1.54) is 16.8 Å². The zero-order valence-electron chi connectivity index (χ0n) is 17.5. The summed E-state index contributed by atoms with van der Waals surface area (Å²) in [5.74, 6) is 0.195. The Labute approximate surface area is 189 Å². The Morgan fingerprint density at radius 3 is 1.97 bits per heavy atom. The van der Waals surface area contributed by atoms with Crippen molar-refractivity contribution in [2.45, 2.75) is 6.54 Å². The molecule has 0 bridgehead atoms. The van der Waals surface area contributed by atoms with Gasteiger partial charge in [-0.25, -0.2) is 13.5 Å². The largest absolute Gasteiger partial charge is 0.497 e. The van der Waals surface area contributed by atoms with Gasteiger partial charge in [0.2, 0.25) is 0 Å². The minimum absolute atomic E-state index is 0.0804. The van der Waals surface area contributed by atoms with Crippen LogP contribution in [0.5, 0.6) is 11.5 Å². The first-order valence-corrected chi connectivity index (χ1v) is 10.2. The molecule has 0 aliphatic carbocycles. The van der Waals surface area contributed by atoms with Gasteiger partial charge in [0.05, 0.1) is 26.5 Å². The summed E-state index contributed by atoms with van der Waals surface area (Å²) in [5.41, 5.74) is 3.57. The van der Waals surface area contributed by atoms with Gasteiger partial charge in [0.1, 0.15) is 27.8 Å². The predicted molar refractivity (Wildman–Crippen MR) is 122 cm³/mol. The number of rotatable bonds is 6. The zero-order valence-corrected chi connectivity index (χ0v) is 18.3. The number of methoxy groups -OCH3 is 2. The molecule has 0 atom stereocenters. The molecule has 1 heterocycles. The van der Waals surface area contributed by atoms with Crippen molar-refractivity contribution in [1.82, 2.24) is 9.78 Å². The van der Waals surface area contributed by atoms with Gasteiger partial charge in [-0.05, 0) is 54.1 Å². The Morgan fingerprint density at radius 2 is 1.41 bits per heavy atom. The van der Waals surface area contributed by atoms with Crippen LogP contribution in [0.3, 0.4) is 0 Å². The fourth-order valence-electron chi connectivity index (χ4n) is 3.37. The molecule has 7 heteroatoms. The monoisotopic (exact) mass is 450 g/mol. The third-order valence-corrected chi connectivity index (χ3v) is 5.43. The van der Waals surface area contributed by atoms with Gasteiger partial charge in [-0.1, -0.05) is 30.4 Å². The van der Waals surface area contributed by atoms with E-state index in [0.717, 1.165) is 34.3 Å². The van der Waals surface area contributed by atoms with Crippen LogP contribution in [0, 0.1) is 16.3 Å². The molecule has 0 saturated heterocycles. The molecule has 0 fully saturated rings. The molecule has 0 radical (unpaired) electrons. The van der Waals surface area contributed by atoms with Crippen molar-refractivity contribution >= 4 is 12.2 Å². The molecule has 4 aromatic rings. The second-order valence-electron chi connectivity index (χ2n) is 7.10. The van der Waals surface area contributed by atoms with Gasteiger partial charge in [-0.2, -0.15) is 5.10 Å². The number of nitrogens with zero attached hydrogens (tertiary/aromatic N) is 2. The molecule has 0 amide bonds. The van der Waals surface area contributed by atoms with Crippen molar-refractivity contribution in [3.05, 3.63) is 94.6 Å². The molecule has 4 nitrogen and oxygen atoms in total. The number of aromatic nitrogens is 2. The van der Waals surface area contributed by atoms with Crippen LogP contribution >= 0.6 is 12.2 Å². The molecule has 3 aromatic carbocycles. The minimum Gasteiger partial charge on any atom is -0.497 e. The van der Waals surface area contributed by atoms with Crippen molar-refractivity contribution in [3.63, 3.8) is 0 Å². The van der Waals surface area contributed by atoms with E-state index >= 15 is 0 Å². The quantitative estimate of drug-likeness (QED) is 0.324. The third-order valence-electron chi connectivity index (χ3n) is 5.10. The Kier molecular flexibility index (Phi) is 6.28. The highest BCUT2D eigenvalue weighted by Crippen LogP contribution is 2.32. The molecule has 0 aliphatic rings. The van der Waals surface area contributed by atoms with Crippen molar-refractivity contribution in [1.29, 1.82) is 0 Å². The van der Waals surface area contributed by atoms with E-state index in [1.54, 1.807) is 14.2 Å². The van der Waals surface area contributed by atoms with Crippen LogP contribution in [-0.2, 0) is 6.54 Å². The van der Waals surface area contributed by atoms with E-state index in [4.69, 9.17) is 26.8 Å². The number of hydrogen-bond acceptors (Lipinski definition) is 4. The lowest BCUT2D eigenvalue weighted by atomic mass is 10.00. The summed E-state index contributed by atoms with van der Waals surface area (Å²) in [6.07, 6.45) is 0. The summed E-state index contributed by atoms with van der Waals surface area (Å²) < 4.78 is 40.0. The normalized spacial score (nSPS) is 10.8. The maximum Gasteiger partial charge on any atom is 0.131 e. The summed E-state index contributed by atoms with van der Waals surface area (Å²) in [6.45, 7) is 0.0804. The van der Waals surface area contributed by atoms with Crippen LogP contribution in [0.1, 0.15) is 5.56 Å². The molecular weight excluding hydrogens is 430 g/mol. The highest BCUT2D eigenvalue weighted by atomic mass is 32.1. The summed E-state index contributed by atoms with van der Waals surface area (Å²) in [7, 11) is 3.22. The maximum absolute atomic E-state index is 14.2. The van der Waals surface area contributed by atoms with E-state index in [2.05, 4.69) is 0 Å². The molecule has 0 unspecified atom stereocenters. The lowest BCUT2D eigenvalue weighted by Crippen LogP contribution is -2.10. The summed E-state index contributed by atoms with van der Waals surface area (Å²) in [4.78, 5) is 0. The molecule has 32 heavy (non-hydrogen) atoms. The molecular formula is C25H20F2N2O2S. The van der Waals surface area contributed by atoms with Crippen molar-refractivity contribution in [2.75, 3.05) is 14.2 Å². The number of halogens is 2. The molecule has 0 N–H and O–H groups in total. The third kappa shape index (κ3) is 4.53. The van der Waals surface area contributed by atoms with E-state index in [0.29, 0.717) is 15.9 Å². The van der Waals surface area contributed by atoms with Crippen molar-refractivity contribution in [3.8, 4) is 33.9 Å². The van der Waals surface area contributed by atoms with E-state index in [-0.39, 0.29) is 6.54 Å². The smallest absolute Gasteiger partial charge is 0.131 e. The summed E-state index contributed by atoms with van der Waals surface area (Å²) in [6, 6.07) is 20.4. The first-order valence-electron chi connectivity index (χ1n) is 9.83. The van der Waals surface area contributed by atoms with Gasteiger partial charge < -0.3 is 9.47 Å². The topological polar surface area (TPSA) is 36.3 Å². The Morgan fingerprint density at radius 1 is 0.812 bits per heavy atom. The number of ether oxygens (including phenoxy) is 2. The fraction of sp³-hybridized carbons (Fsp3) is 0.120. The van der Waals surface area contributed by atoms with E-state index < -0.39 is 11.6 Å². The van der Waals surface area contributed by atoms with Crippen molar-refractivity contribution < 1.29 is 18.3 Å².